The third kappa shape index (κ3) is 4.69. The highest BCUT2D eigenvalue weighted by atomic mass is 32.2. The van der Waals surface area contributed by atoms with Crippen LogP contribution in [0.5, 0.6) is 0 Å². The molecule has 2 heterocycles. The van der Waals surface area contributed by atoms with E-state index < -0.39 is 27.5 Å². The van der Waals surface area contributed by atoms with Gasteiger partial charge in [0.25, 0.3) is 5.56 Å². The van der Waals surface area contributed by atoms with Gasteiger partial charge in [0.05, 0.1) is 13.5 Å². The van der Waals surface area contributed by atoms with E-state index in [4.69, 9.17) is 4.74 Å². The standard InChI is InChI=1S/C24H28N4O5S/c1-25-34(31,32)21-12-18(16-8-6-7-9-16)14-26-23(21)28-24(30)20(15-27-28)19(13-22(29)33-2)17-10-4-3-5-11-17/h3-5,10-12,14-16,19,25,27H,6-9,13H2,1-2H3. The third-order valence-corrected chi connectivity index (χ3v) is 7.84. The van der Waals surface area contributed by atoms with E-state index in [-0.39, 0.29) is 23.1 Å². The van der Waals surface area contributed by atoms with E-state index in [1.807, 2.05) is 30.3 Å². The molecule has 0 aliphatic heterocycles. The van der Waals surface area contributed by atoms with E-state index in [2.05, 4.69) is 14.8 Å². The third-order valence-electron chi connectivity index (χ3n) is 6.43. The summed E-state index contributed by atoms with van der Waals surface area (Å²) in [5.41, 5.74) is 1.45. The average molecular weight is 485 g/mol. The van der Waals surface area contributed by atoms with Crippen LogP contribution in [0.2, 0.25) is 0 Å². The van der Waals surface area contributed by atoms with Crippen molar-refractivity contribution >= 4 is 16.0 Å². The Morgan fingerprint density at radius 3 is 2.62 bits per heavy atom. The van der Waals surface area contributed by atoms with Crippen molar-refractivity contribution in [3.63, 3.8) is 0 Å². The molecule has 9 nitrogen and oxygen atoms in total. The molecule has 2 aromatic heterocycles. The molecule has 1 saturated carbocycles. The van der Waals surface area contributed by atoms with Gasteiger partial charge in [-0.25, -0.2) is 22.8 Å². The van der Waals surface area contributed by atoms with Crippen molar-refractivity contribution in [2.24, 2.45) is 0 Å². The first kappa shape index (κ1) is 23.9. The number of esters is 1. The highest BCUT2D eigenvalue weighted by molar-refractivity contribution is 7.89. The molecule has 1 unspecified atom stereocenters. The number of aromatic amines is 1. The molecule has 1 aliphatic carbocycles. The van der Waals surface area contributed by atoms with Crippen LogP contribution in [0.4, 0.5) is 0 Å². The lowest BCUT2D eigenvalue weighted by atomic mass is 9.90. The molecule has 4 rings (SSSR count). The van der Waals surface area contributed by atoms with Crippen LogP contribution in [0.3, 0.4) is 0 Å². The zero-order valence-corrected chi connectivity index (χ0v) is 20.0. The van der Waals surface area contributed by atoms with Gasteiger partial charge in [0.1, 0.15) is 4.90 Å². The number of nitrogens with one attached hydrogen (secondary N) is 2. The van der Waals surface area contributed by atoms with Gasteiger partial charge >= 0.3 is 5.97 Å². The van der Waals surface area contributed by atoms with Gasteiger partial charge in [-0.1, -0.05) is 43.2 Å². The van der Waals surface area contributed by atoms with Gasteiger partial charge in [-0.3, -0.25) is 14.7 Å². The number of benzene rings is 1. The molecule has 0 spiro atoms. The predicted molar refractivity (Wildman–Crippen MR) is 127 cm³/mol. The quantitative estimate of drug-likeness (QED) is 0.474. The minimum Gasteiger partial charge on any atom is -0.469 e. The number of sulfonamides is 1. The van der Waals surface area contributed by atoms with Crippen molar-refractivity contribution in [1.29, 1.82) is 0 Å². The summed E-state index contributed by atoms with van der Waals surface area (Å²) in [6, 6.07) is 10.8. The van der Waals surface area contributed by atoms with Crippen molar-refractivity contribution in [3.8, 4) is 5.82 Å². The molecule has 0 bridgehead atoms. The van der Waals surface area contributed by atoms with Crippen LogP contribution in [0.25, 0.3) is 5.82 Å². The van der Waals surface area contributed by atoms with E-state index >= 15 is 0 Å². The normalized spacial score (nSPS) is 15.4. The molecule has 1 fully saturated rings. The highest BCUT2D eigenvalue weighted by Gasteiger charge is 2.28. The summed E-state index contributed by atoms with van der Waals surface area (Å²) < 4.78 is 34.0. The number of ether oxygens (including phenoxy) is 1. The number of aromatic nitrogens is 3. The van der Waals surface area contributed by atoms with Gasteiger partial charge < -0.3 is 4.74 Å². The average Bonchev–Trinajstić information content (AvgIpc) is 3.53. The summed E-state index contributed by atoms with van der Waals surface area (Å²) in [6.07, 6.45) is 7.27. The van der Waals surface area contributed by atoms with Crippen LogP contribution >= 0.6 is 0 Å². The monoisotopic (exact) mass is 484 g/mol. The van der Waals surface area contributed by atoms with Crippen molar-refractivity contribution in [2.45, 2.75) is 48.8 Å². The lowest BCUT2D eigenvalue weighted by molar-refractivity contribution is -0.140. The van der Waals surface area contributed by atoms with E-state index in [0.29, 0.717) is 5.56 Å². The number of nitrogens with zero attached hydrogens (tertiary/aromatic N) is 2. The Labute approximate surface area is 198 Å². The Morgan fingerprint density at radius 2 is 1.97 bits per heavy atom. The van der Waals surface area contributed by atoms with Gasteiger partial charge in [-0.2, -0.15) is 0 Å². The molecule has 1 aromatic carbocycles. The summed E-state index contributed by atoms with van der Waals surface area (Å²) in [6.45, 7) is 0. The Kier molecular flexibility index (Phi) is 6.99. The molecule has 2 N–H and O–H groups in total. The molecule has 0 radical (unpaired) electrons. The van der Waals surface area contributed by atoms with Crippen LogP contribution in [0, 0.1) is 0 Å². The zero-order valence-electron chi connectivity index (χ0n) is 19.2. The van der Waals surface area contributed by atoms with Gasteiger partial charge in [0.2, 0.25) is 10.0 Å². The predicted octanol–water partition coefficient (Wildman–Crippen LogP) is 2.82. The number of hydrogen-bond donors (Lipinski definition) is 2. The largest absolute Gasteiger partial charge is 0.469 e. The molecule has 1 atom stereocenters. The molecular weight excluding hydrogens is 456 g/mol. The van der Waals surface area contributed by atoms with Crippen molar-refractivity contribution in [1.82, 2.24) is 19.5 Å². The van der Waals surface area contributed by atoms with Gasteiger partial charge in [0, 0.05) is 23.9 Å². The summed E-state index contributed by atoms with van der Waals surface area (Å²) in [5.74, 6) is -0.790. The summed E-state index contributed by atoms with van der Waals surface area (Å²) >= 11 is 0. The molecule has 10 heteroatoms. The Hall–Kier alpha value is -3.24. The maximum atomic E-state index is 13.5. The fourth-order valence-electron chi connectivity index (χ4n) is 4.54. The van der Waals surface area contributed by atoms with E-state index in [1.165, 1.54) is 20.4 Å². The number of H-pyrrole nitrogens is 1. The van der Waals surface area contributed by atoms with Crippen LogP contribution in [-0.4, -0.2) is 43.3 Å². The first-order chi connectivity index (χ1) is 16.4. The van der Waals surface area contributed by atoms with Gasteiger partial charge in [0.15, 0.2) is 5.82 Å². The minimum absolute atomic E-state index is 0.0165. The summed E-state index contributed by atoms with van der Waals surface area (Å²) in [4.78, 5) is 29.9. The molecule has 34 heavy (non-hydrogen) atoms. The second-order valence-electron chi connectivity index (χ2n) is 8.39. The molecule has 1 aliphatic rings. The number of pyridine rings is 1. The first-order valence-corrected chi connectivity index (χ1v) is 12.7. The lowest BCUT2D eigenvalue weighted by Crippen LogP contribution is -2.26. The summed E-state index contributed by atoms with van der Waals surface area (Å²) in [7, 11) is -1.28. The molecule has 0 saturated heterocycles. The lowest BCUT2D eigenvalue weighted by Gasteiger charge is -2.15. The second-order valence-corrected chi connectivity index (χ2v) is 10.2. The second kappa shape index (κ2) is 9.94. The zero-order chi connectivity index (χ0) is 24.3. The van der Waals surface area contributed by atoms with Crippen molar-refractivity contribution in [3.05, 3.63) is 75.8 Å². The maximum Gasteiger partial charge on any atom is 0.306 e. The Morgan fingerprint density at radius 1 is 1.26 bits per heavy atom. The SMILES string of the molecule is CNS(=O)(=O)c1cc(C2CCCC2)cnc1-n1[nH]cc(C(CC(=O)OC)c2ccccc2)c1=O. The molecular formula is C24H28N4O5S. The fraction of sp³-hybridized carbons (Fsp3) is 0.375. The first-order valence-electron chi connectivity index (χ1n) is 11.2. The van der Waals surface area contributed by atoms with Crippen molar-refractivity contribution in [2.75, 3.05) is 14.2 Å². The topological polar surface area (TPSA) is 123 Å². The number of methoxy groups -OCH3 is 1. The molecule has 0 amide bonds. The Bertz CT molecular complexity index is 1320. The van der Waals surface area contributed by atoms with E-state index in [0.717, 1.165) is 41.5 Å². The van der Waals surface area contributed by atoms with Crippen LogP contribution in [-0.2, 0) is 19.6 Å². The smallest absolute Gasteiger partial charge is 0.306 e. The van der Waals surface area contributed by atoms with Gasteiger partial charge in [-0.05, 0) is 43.0 Å². The van der Waals surface area contributed by atoms with E-state index in [1.54, 1.807) is 12.3 Å². The van der Waals surface area contributed by atoms with Gasteiger partial charge in [-0.15, -0.1) is 0 Å². The maximum absolute atomic E-state index is 13.5. The van der Waals surface area contributed by atoms with Crippen molar-refractivity contribution < 1.29 is 17.9 Å². The summed E-state index contributed by atoms with van der Waals surface area (Å²) in [5, 5.41) is 2.85. The van der Waals surface area contributed by atoms with Crippen LogP contribution in [0.1, 0.15) is 60.6 Å². The Balaban J connectivity index is 1.82. The number of carbonyl (C=O) groups is 1. The highest BCUT2D eigenvalue weighted by Crippen LogP contribution is 2.35. The minimum atomic E-state index is -3.90. The molecule has 3 aromatic rings. The van der Waals surface area contributed by atoms with Crippen LogP contribution < -0.4 is 10.3 Å². The number of carbonyl (C=O) groups excluding carboxylic acids is 1. The van der Waals surface area contributed by atoms with Crippen LogP contribution in [0.15, 0.2) is 58.5 Å². The fourth-order valence-corrected chi connectivity index (χ4v) is 5.44. The number of rotatable bonds is 8. The number of hydrogen-bond acceptors (Lipinski definition) is 6. The molecule has 180 valence electrons. The van der Waals surface area contributed by atoms with E-state index in [9.17, 15) is 18.0 Å².